The van der Waals surface area contributed by atoms with Gasteiger partial charge in [0, 0.05) is 25.5 Å². The van der Waals surface area contributed by atoms with Gasteiger partial charge in [-0.05, 0) is 24.1 Å². The molecule has 1 aliphatic rings. The van der Waals surface area contributed by atoms with Crippen LogP contribution in [0.4, 0.5) is 9.93 Å². The summed E-state index contributed by atoms with van der Waals surface area (Å²) in [4.78, 5) is 11.9. The number of amides is 2. The molecule has 2 heterocycles. The van der Waals surface area contributed by atoms with E-state index >= 15 is 0 Å². The molecular formula is C16H20N4O3S. The first-order valence-corrected chi connectivity index (χ1v) is 8.62. The lowest BCUT2D eigenvalue weighted by molar-refractivity contribution is 0.185. The Bertz CT molecular complexity index is 668. The number of nitrogens with zero attached hydrogens (tertiary/aromatic N) is 2. The number of carbonyl (C=O) groups excluding carboxylic acids is 1. The van der Waals surface area contributed by atoms with Crippen molar-refractivity contribution in [2.45, 2.75) is 12.8 Å². The number of carbonyl (C=O) groups is 1. The van der Waals surface area contributed by atoms with E-state index in [0.29, 0.717) is 30.6 Å². The molecule has 1 aromatic carbocycles. The number of aromatic nitrogens is 2. The molecule has 2 aromatic rings. The van der Waals surface area contributed by atoms with Crippen molar-refractivity contribution >= 4 is 22.5 Å². The van der Waals surface area contributed by atoms with Crippen LogP contribution < -0.4 is 15.4 Å². The van der Waals surface area contributed by atoms with E-state index in [0.717, 1.165) is 29.3 Å². The first-order valence-electron chi connectivity index (χ1n) is 7.81. The predicted octanol–water partition coefficient (Wildman–Crippen LogP) is 2.30. The smallest absolute Gasteiger partial charge is 0.321 e. The van der Waals surface area contributed by atoms with Gasteiger partial charge in [-0.1, -0.05) is 23.5 Å². The van der Waals surface area contributed by atoms with Crippen molar-refractivity contribution in [1.82, 2.24) is 15.5 Å². The summed E-state index contributed by atoms with van der Waals surface area (Å²) in [6.07, 6.45) is 1.66. The summed E-state index contributed by atoms with van der Waals surface area (Å²) in [6, 6.07) is 7.55. The van der Waals surface area contributed by atoms with Gasteiger partial charge in [0.25, 0.3) is 0 Å². The van der Waals surface area contributed by atoms with E-state index in [1.165, 1.54) is 11.3 Å². The van der Waals surface area contributed by atoms with Crippen LogP contribution in [-0.2, 0) is 11.2 Å². The molecule has 1 atom stereocenters. The second-order valence-electron chi connectivity index (χ2n) is 5.59. The Balaban J connectivity index is 1.48. The van der Waals surface area contributed by atoms with Gasteiger partial charge >= 0.3 is 6.03 Å². The molecule has 3 rings (SSSR count). The zero-order chi connectivity index (χ0) is 16.8. The molecule has 7 nitrogen and oxygen atoms in total. The minimum absolute atomic E-state index is 0.256. The first kappa shape index (κ1) is 16.7. The van der Waals surface area contributed by atoms with Gasteiger partial charge in [0.2, 0.25) is 5.13 Å². The summed E-state index contributed by atoms with van der Waals surface area (Å²) in [5.41, 5.74) is 1.11. The molecule has 0 saturated carbocycles. The Labute approximate surface area is 144 Å². The fraction of sp³-hybridized carbons (Fsp3) is 0.438. The largest absolute Gasteiger partial charge is 0.497 e. The fourth-order valence-corrected chi connectivity index (χ4v) is 3.19. The van der Waals surface area contributed by atoms with E-state index < -0.39 is 0 Å². The van der Waals surface area contributed by atoms with Crippen molar-refractivity contribution < 1.29 is 14.3 Å². The number of anilines is 1. The van der Waals surface area contributed by atoms with E-state index in [1.807, 2.05) is 24.3 Å². The number of hydrogen-bond donors (Lipinski definition) is 2. The molecular weight excluding hydrogens is 328 g/mol. The number of hydrogen-bond acceptors (Lipinski definition) is 6. The standard InChI is InChI=1S/C16H20N4O3S/c1-22-13-4-2-11(3-5-13)8-14-19-20-16(24-14)18-15(21)17-9-12-6-7-23-10-12/h2-5,12H,6-10H2,1H3,(H2,17,18,20,21). The molecule has 1 aromatic heterocycles. The molecule has 0 spiro atoms. The number of benzene rings is 1. The lowest BCUT2D eigenvalue weighted by Crippen LogP contribution is -2.33. The van der Waals surface area contributed by atoms with Crippen molar-refractivity contribution in [3.05, 3.63) is 34.8 Å². The van der Waals surface area contributed by atoms with Gasteiger partial charge in [-0.25, -0.2) is 4.79 Å². The average Bonchev–Trinajstić information content (AvgIpc) is 3.26. The molecule has 128 valence electrons. The monoisotopic (exact) mass is 348 g/mol. The highest BCUT2D eigenvalue weighted by molar-refractivity contribution is 7.15. The van der Waals surface area contributed by atoms with Crippen LogP contribution in [0.15, 0.2) is 24.3 Å². The fourth-order valence-electron chi connectivity index (χ4n) is 2.42. The SMILES string of the molecule is COc1ccc(Cc2nnc(NC(=O)NCC3CCOC3)s2)cc1. The van der Waals surface area contributed by atoms with Crippen LogP contribution in [0.1, 0.15) is 17.0 Å². The van der Waals surface area contributed by atoms with Gasteiger partial charge in [0.05, 0.1) is 13.7 Å². The minimum atomic E-state index is -0.256. The molecule has 2 N–H and O–H groups in total. The maximum atomic E-state index is 11.9. The lowest BCUT2D eigenvalue weighted by atomic mass is 10.1. The Hall–Kier alpha value is -2.19. The first-order chi connectivity index (χ1) is 11.7. The highest BCUT2D eigenvalue weighted by atomic mass is 32.1. The van der Waals surface area contributed by atoms with Crippen LogP contribution in [-0.4, -0.2) is 43.1 Å². The van der Waals surface area contributed by atoms with Crippen LogP contribution in [0, 0.1) is 5.92 Å². The molecule has 24 heavy (non-hydrogen) atoms. The Kier molecular flexibility index (Phi) is 5.60. The average molecular weight is 348 g/mol. The summed E-state index contributed by atoms with van der Waals surface area (Å²) in [5.74, 6) is 1.22. The van der Waals surface area contributed by atoms with E-state index in [2.05, 4.69) is 20.8 Å². The molecule has 8 heteroatoms. The van der Waals surface area contributed by atoms with Crippen LogP contribution in [0.2, 0.25) is 0 Å². The highest BCUT2D eigenvalue weighted by Crippen LogP contribution is 2.20. The summed E-state index contributed by atoms with van der Waals surface area (Å²) < 4.78 is 10.4. The number of rotatable bonds is 6. The summed E-state index contributed by atoms with van der Waals surface area (Å²) in [5, 5.41) is 15.0. The summed E-state index contributed by atoms with van der Waals surface area (Å²) >= 11 is 1.37. The van der Waals surface area contributed by atoms with Crippen molar-refractivity contribution in [3.63, 3.8) is 0 Å². The van der Waals surface area contributed by atoms with E-state index in [-0.39, 0.29) is 6.03 Å². The molecule has 0 radical (unpaired) electrons. The zero-order valence-corrected chi connectivity index (χ0v) is 14.3. The third-order valence-electron chi connectivity index (χ3n) is 3.78. The van der Waals surface area contributed by atoms with E-state index in [9.17, 15) is 4.79 Å². The maximum absolute atomic E-state index is 11.9. The van der Waals surface area contributed by atoms with E-state index in [4.69, 9.17) is 9.47 Å². The normalized spacial score (nSPS) is 16.8. The predicted molar refractivity (Wildman–Crippen MR) is 91.7 cm³/mol. The number of ether oxygens (including phenoxy) is 2. The molecule has 1 fully saturated rings. The molecule has 0 aliphatic carbocycles. The Morgan fingerprint density at radius 1 is 1.38 bits per heavy atom. The van der Waals surface area contributed by atoms with Crippen molar-refractivity contribution in [2.75, 3.05) is 32.2 Å². The van der Waals surface area contributed by atoms with Crippen LogP contribution in [0.3, 0.4) is 0 Å². The van der Waals surface area contributed by atoms with Crippen molar-refractivity contribution in [1.29, 1.82) is 0 Å². The second-order valence-corrected chi connectivity index (χ2v) is 6.65. The van der Waals surface area contributed by atoms with E-state index in [1.54, 1.807) is 7.11 Å². The summed E-state index contributed by atoms with van der Waals surface area (Å²) in [7, 11) is 1.64. The minimum Gasteiger partial charge on any atom is -0.497 e. The number of methoxy groups -OCH3 is 1. The lowest BCUT2D eigenvalue weighted by Gasteiger charge is -2.08. The molecule has 1 unspecified atom stereocenters. The topological polar surface area (TPSA) is 85.4 Å². The third kappa shape index (κ3) is 4.65. The second kappa shape index (κ2) is 8.07. The van der Waals surface area contributed by atoms with Crippen LogP contribution >= 0.6 is 11.3 Å². The van der Waals surface area contributed by atoms with Gasteiger partial charge < -0.3 is 14.8 Å². The zero-order valence-electron chi connectivity index (χ0n) is 13.4. The van der Waals surface area contributed by atoms with Gasteiger partial charge in [0.15, 0.2) is 0 Å². The summed E-state index contributed by atoms with van der Waals surface area (Å²) in [6.45, 7) is 2.10. The van der Waals surface area contributed by atoms with Gasteiger partial charge in [-0.3, -0.25) is 5.32 Å². The molecule has 0 bridgehead atoms. The quantitative estimate of drug-likeness (QED) is 0.837. The van der Waals surface area contributed by atoms with Crippen LogP contribution in [0.5, 0.6) is 5.75 Å². The Morgan fingerprint density at radius 3 is 2.92 bits per heavy atom. The molecule has 2 amide bonds. The maximum Gasteiger partial charge on any atom is 0.321 e. The van der Waals surface area contributed by atoms with Gasteiger partial charge in [0.1, 0.15) is 10.8 Å². The molecule has 1 aliphatic heterocycles. The number of nitrogens with one attached hydrogen (secondary N) is 2. The number of urea groups is 1. The highest BCUT2D eigenvalue weighted by Gasteiger charge is 2.16. The van der Waals surface area contributed by atoms with Crippen molar-refractivity contribution in [3.8, 4) is 5.75 Å². The van der Waals surface area contributed by atoms with Gasteiger partial charge in [-0.15, -0.1) is 10.2 Å². The Morgan fingerprint density at radius 2 is 2.21 bits per heavy atom. The van der Waals surface area contributed by atoms with Crippen molar-refractivity contribution in [2.24, 2.45) is 5.92 Å². The third-order valence-corrected chi connectivity index (χ3v) is 4.62. The van der Waals surface area contributed by atoms with Gasteiger partial charge in [-0.2, -0.15) is 0 Å². The van der Waals surface area contributed by atoms with Crippen LogP contribution in [0.25, 0.3) is 0 Å². The molecule has 1 saturated heterocycles.